The molecule has 24 heavy (non-hydrogen) atoms. The first-order chi connectivity index (χ1) is 11.7. The molecule has 1 aliphatic rings. The highest BCUT2D eigenvalue weighted by Crippen LogP contribution is 2.22. The normalized spacial score (nSPS) is 15.0. The molecule has 0 unspecified atom stereocenters. The summed E-state index contributed by atoms with van der Waals surface area (Å²) in [7, 11) is 0. The first-order valence-corrected chi connectivity index (χ1v) is 7.97. The number of aromatic amines is 1. The van der Waals surface area contributed by atoms with Crippen LogP contribution >= 0.6 is 0 Å². The van der Waals surface area contributed by atoms with Crippen LogP contribution in [0.2, 0.25) is 0 Å². The van der Waals surface area contributed by atoms with E-state index in [0.717, 1.165) is 41.1 Å². The summed E-state index contributed by atoms with van der Waals surface area (Å²) in [4.78, 5) is 25.2. The summed E-state index contributed by atoms with van der Waals surface area (Å²) >= 11 is 0. The molecular formula is C17H18N6O. The molecular weight excluding hydrogens is 304 g/mol. The van der Waals surface area contributed by atoms with Gasteiger partial charge < -0.3 is 9.80 Å². The van der Waals surface area contributed by atoms with E-state index >= 15 is 0 Å². The molecule has 0 bridgehead atoms. The molecule has 0 saturated carbocycles. The molecule has 7 nitrogen and oxygen atoms in total. The molecule has 4 rings (SSSR count). The quantitative estimate of drug-likeness (QED) is 0.776. The van der Waals surface area contributed by atoms with Crippen LogP contribution in [0.3, 0.4) is 0 Å². The molecule has 3 heterocycles. The molecule has 122 valence electrons. The fourth-order valence-corrected chi connectivity index (χ4v) is 3.00. The van der Waals surface area contributed by atoms with Crippen LogP contribution in [0.15, 0.2) is 36.8 Å². The molecule has 1 aliphatic heterocycles. The third kappa shape index (κ3) is 2.58. The van der Waals surface area contributed by atoms with Crippen LogP contribution in [0.5, 0.6) is 0 Å². The maximum atomic E-state index is 12.6. The van der Waals surface area contributed by atoms with Crippen molar-refractivity contribution in [3.8, 4) is 0 Å². The number of hydrogen-bond donors (Lipinski definition) is 1. The number of anilines is 1. The number of H-pyrrole nitrogens is 1. The number of hydrogen-bond acceptors (Lipinski definition) is 5. The van der Waals surface area contributed by atoms with Crippen LogP contribution in [0.4, 0.5) is 5.82 Å². The van der Waals surface area contributed by atoms with Gasteiger partial charge in [0, 0.05) is 31.7 Å². The number of amides is 1. The van der Waals surface area contributed by atoms with Crippen molar-refractivity contribution >= 4 is 22.8 Å². The number of piperazine rings is 1. The average Bonchev–Trinajstić information content (AvgIpc) is 3.11. The standard InChI is InChI=1S/C17H18N6O/c1-12-2-4-13(5-3-12)17(24)23-8-6-22(7-9-23)16-14-10-20-21-15(14)18-11-19-16/h2-5,10-11H,6-9H2,1H3,(H,18,19,20,21). The Bertz CT molecular complexity index is 864. The summed E-state index contributed by atoms with van der Waals surface area (Å²) in [6.07, 6.45) is 3.29. The van der Waals surface area contributed by atoms with E-state index in [1.807, 2.05) is 36.1 Å². The van der Waals surface area contributed by atoms with Crippen molar-refractivity contribution in [3.63, 3.8) is 0 Å². The SMILES string of the molecule is Cc1ccc(C(=O)N2CCN(c3ncnc4[nH]ncc34)CC2)cc1. The van der Waals surface area contributed by atoms with Gasteiger partial charge in [-0.15, -0.1) is 0 Å². The molecule has 0 spiro atoms. The zero-order valence-electron chi connectivity index (χ0n) is 13.4. The summed E-state index contributed by atoms with van der Waals surface area (Å²) in [5.41, 5.74) is 2.63. The van der Waals surface area contributed by atoms with E-state index in [0.29, 0.717) is 13.1 Å². The van der Waals surface area contributed by atoms with Gasteiger partial charge in [0.25, 0.3) is 5.91 Å². The minimum absolute atomic E-state index is 0.0887. The van der Waals surface area contributed by atoms with Crippen molar-refractivity contribution in [2.24, 2.45) is 0 Å². The second-order valence-corrected chi connectivity index (χ2v) is 5.97. The summed E-state index contributed by atoms with van der Waals surface area (Å²) in [5, 5.41) is 7.80. The van der Waals surface area contributed by atoms with E-state index < -0.39 is 0 Å². The molecule has 2 aromatic heterocycles. The number of rotatable bonds is 2. The second-order valence-electron chi connectivity index (χ2n) is 5.97. The van der Waals surface area contributed by atoms with Gasteiger partial charge in [0.1, 0.15) is 12.1 Å². The number of aryl methyl sites for hydroxylation is 1. The molecule has 1 aromatic carbocycles. The van der Waals surface area contributed by atoms with E-state index in [-0.39, 0.29) is 5.91 Å². The Morgan fingerprint density at radius 2 is 1.83 bits per heavy atom. The van der Waals surface area contributed by atoms with Gasteiger partial charge in [0.15, 0.2) is 5.65 Å². The first-order valence-electron chi connectivity index (χ1n) is 7.97. The Hall–Kier alpha value is -2.96. The third-order valence-corrected chi connectivity index (χ3v) is 4.39. The van der Waals surface area contributed by atoms with Crippen LogP contribution in [-0.4, -0.2) is 57.2 Å². The lowest BCUT2D eigenvalue weighted by Crippen LogP contribution is -2.49. The Morgan fingerprint density at radius 1 is 1.08 bits per heavy atom. The van der Waals surface area contributed by atoms with Gasteiger partial charge in [-0.25, -0.2) is 9.97 Å². The third-order valence-electron chi connectivity index (χ3n) is 4.39. The van der Waals surface area contributed by atoms with E-state index in [1.165, 1.54) is 0 Å². The summed E-state index contributed by atoms with van der Waals surface area (Å²) in [6, 6.07) is 7.73. The maximum absolute atomic E-state index is 12.6. The molecule has 0 atom stereocenters. The molecule has 3 aromatic rings. The fourth-order valence-electron chi connectivity index (χ4n) is 3.00. The first kappa shape index (κ1) is 14.6. The second kappa shape index (κ2) is 5.92. The average molecular weight is 322 g/mol. The number of carbonyl (C=O) groups excluding carboxylic acids is 1. The highest BCUT2D eigenvalue weighted by atomic mass is 16.2. The topological polar surface area (TPSA) is 78.0 Å². The van der Waals surface area contributed by atoms with Crippen molar-refractivity contribution in [1.29, 1.82) is 0 Å². The van der Waals surface area contributed by atoms with Gasteiger partial charge in [-0.05, 0) is 19.1 Å². The van der Waals surface area contributed by atoms with Gasteiger partial charge in [-0.3, -0.25) is 9.89 Å². The Kier molecular flexibility index (Phi) is 3.60. The van der Waals surface area contributed by atoms with Gasteiger partial charge in [-0.1, -0.05) is 17.7 Å². The van der Waals surface area contributed by atoms with Crippen LogP contribution in [0.25, 0.3) is 11.0 Å². The van der Waals surface area contributed by atoms with Crippen LogP contribution in [0, 0.1) is 6.92 Å². The highest BCUT2D eigenvalue weighted by Gasteiger charge is 2.24. The largest absolute Gasteiger partial charge is 0.352 e. The maximum Gasteiger partial charge on any atom is 0.253 e. The van der Waals surface area contributed by atoms with Gasteiger partial charge in [0.2, 0.25) is 0 Å². The monoisotopic (exact) mass is 322 g/mol. The predicted molar refractivity (Wildman–Crippen MR) is 91.0 cm³/mol. The number of carbonyl (C=O) groups is 1. The van der Waals surface area contributed by atoms with Crippen molar-refractivity contribution in [2.75, 3.05) is 31.1 Å². The number of benzene rings is 1. The molecule has 1 fully saturated rings. The lowest BCUT2D eigenvalue weighted by Gasteiger charge is -2.35. The minimum Gasteiger partial charge on any atom is -0.352 e. The number of nitrogens with zero attached hydrogens (tertiary/aromatic N) is 5. The Labute approximate surface area is 139 Å². The number of fused-ring (bicyclic) bond motifs is 1. The van der Waals surface area contributed by atoms with Gasteiger partial charge in [0.05, 0.1) is 11.6 Å². The van der Waals surface area contributed by atoms with Crippen molar-refractivity contribution in [2.45, 2.75) is 6.92 Å². The summed E-state index contributed by atoms with van der Waals surface area (Å²) in [5.74, 6) is 0.960. The molecule has 1 saturated heterocycles. The molecule has 0 aliphatic carbocycles. The van der Waals surface area contributed by atoms with E-state index in [1.54, 1.807) is 12.5 Å². The van der Waals surface area contributed by atoms with Crippen LogP contribution in [-0.2, 0) is 0 Å². The fraction of sp³-hybridized carbons (Fsp3) is 0.294. The molecule has 1 N–H and O–H groups in total. The smallest absolute Gasteiger partial charge is 0.253 e. The number of aromatic nitrogens is 4. The zero-order chi connectivity index (χ0) is 16.5. The van der Waals surface area contributed by atoms with Crippen molar-refractivity contribution in [3.05, 3.63) is 47.9 Å². The zero-order valence-corrected chi connectivity index (χ0v) is 13.4. The van der Waals surface area contributed by atoms with E-state index in [9.17, 15) is 4.79 Å². The predicted octanol–water partition coefficient (Wildman–Crippen LogP) is 1.62. The number of nitrogens with one attached hydrogen (secondary N) is 1. The summed E-state index contributed by atoms with van der Waals surface area (Å²) in [6.45, 7) is 4.86. The molecule has 7 heteroatoms. The van der Waals surface area contributed by atoms with Crippen LogP contribution in [0.1, 0.15) is 15.9 Å². The van der Waals surface area contributed by atoms with Crippen LogP contribution < -0.4 is 4.90 Å². The highest BCUT2D eigenvalue weighted by molar-refractivity contribution is 5.94. The van der Waals surface area contributed by atoms with E-state index in [4.69, 9.17) is 0 Å². The minimum atomic E-state index is 0.0887. The Balaban J connectivity index is 1.48. The van der Waals surface area contributed by atoms with Crippen molar-refractivity contribution < 1.29 is 4.79 Å². The lowest BCUT2D eigenvalue weighted by molar-refractivity contribution is 0.0746. The molecule has 0 radical (unpaired) electrons. The lowest BCUT2D eigenvalue weighted by atomic mass is 10.1. The van der Waals surface area contributed by atoms with Crippen molar-refractivity contribution in [1.82, 2.24) is 25.1 Å². The van der Waals surface area contributed by atoms with Gasteiger partial charge in [-0.2, -0.15) is 5.10 Å². The molecule has 1 amide bonds. The Morgan fingerprint density at radius 3 is 2.58 bits per heavy atom. The van der Waals surface area contributed by atoms with E-state index in [2.05, 4.69) is 25.1 Å². The summed E-state index contributed by atoms with van der Waals surface area (Å²) < 4.78 is 0. The van der Waals surface area contributed by atoms with Gasteiger partial charge >= 0.3 is 0 Å².